The van der Waals surface area contributed by atoms with Crippen molar-refractivity contribution < 1.29 is 4.79 Å². The van der Waals surface area contributed by atoms with Crippen LogP contribution in [0.5, 0.6) is 0 Å². The number of carbonyl (C=O) groups excluding carboxylic acids is 1. The summed E-state index contributed by atoms with van der Waals surface area (Å²) >= 11 is 4.44. The fraction of sp³-hybridized carbons (Fsp3) is 0.318. The minimum atomic E-state index is -0.424. The average molecular weight is 499 g/mol. The van der Waals surface area contributed by atoms with Crippen LogP contribution in [0.1, 0.15) is 40.8 Å². The number of allylic oxidation sites excluding steroid dienone is 1. The molecule has 1 amide bonds. The van der Waals surface area contributed by atoms with Gasteiger partial charge in [-0.1, -0.05) is 23.9 Å². The summed E-state index contributed by atoms with van der Waals surface area (Å²) in [5.74, 6) is 5.91. The molecule has 0 spiro atoms. The number of rotatable bonds is 5. The Balaban J connectivity index is 1.44. The molecule has 33 heavy (non-hydrogen) atoms. The topological polar surface area (TPSA) is 106 Å². The summed E-state index contributed by atoms with van der Waals surface area (Å²) in [6.45, 7) is 1.55. The number of nitrogens with zero attached hydrogens (tertiary/aromatic N) is 5. The van der Waals surface area contributed by atoms with Gasteiger partial charge in [-0.15, -0.1) is 32.9 Å². The number of aromatic nitrogens is 3. The molecule has 0 aromatic carbocycles. The Bertz CT molecular complexity index is 1280. The number of aryl methyl sites for hydroxylation is 1. The van der Waals surface area contributed by atoms with Crippen LogP contribution in [0.15, 0.2) is 55.7 Å². The SMILES string of the molecule is Cc1nnc(SCC(=O)N2N=C3/C(=C/c4cccs4)CCCC3C2c2cccs2)n(N)c1=O. The zero-order chi connectivity index (χ0) is 22.9. The molecule has 3 aromatic heterocycles. The van der Waals surface area contributed by atoms with Crippen LogP contribution in [0, 0.1) is 12.8 Å². The first-order chi connectivity index (χ1) is 16.0. The highest BCUT2D eigenvalue weighted by molar-refractivity contribution is 7.99. The molecule has 1 fully saturated rings. The van der Waals surface area contributed by atoms with Crippen LogP contribution in [0.4, 0.5) is 0 Å². The van der Waals surface area contributed by atoms with Gasteiger partial charge in [-0.3, -0.25) is 9.59 Å². The predicted molar refractivity (Wildman–Crippen MR) is 133 cm³/mol. The van der Waals surface area contributed by atoms with E-state index in [1.54, 1.807) is 34.6 Å². The summed E-state index contributed by atoms with van der Waals surface area (Å²) in [4.78, 5) is 27.7. The Kier molecular flexibility index (Phi) is 6.17. The maximum Gasteiger partial charge on any atom is 0.294 e. The summed E-state index contributed by atoms with van der Waals surface area (Å²) in [5.41, 5.74) is 2.01. The maximum atomic E-state index is 13.4. The highest BCUT2D eigenvalue weighted by Gasteiger charge is 2.44. The Morgan fingerprint density at radius 2 is 2.09 bits per heavy atom. The third kappa shape index (κ3) is 4.28. The molecule has 11 heteroatoms. The fourth-order valence-electron chi connectivity index (χ4n) is 4.25. The van der Waals surface area contributed by atoms with E-state index in [0.29, 0.717) is 0 Å². The Morgan fingerprint density at radius 1 is 1.27 bits per heavy atom. The van der Waals surface area contributed by atoms with Crippen molar-refractivity contribution in [3.05, 3.63) is 66.4 Å². The third-order valence-corrected chi connectivity index (χ3v) is 8.49. The lowest BCUT2D eigenvalue weighted by Crippen LogP contribution is -2.34. The number of hydrazone groups is 1. The smallest absolute Gasteiger partial charge is 0.294 e. The lowest BCUT2D eigenvalue weighted by molar-refractivity contribution is -0.130. The number of fused-ring (bicyclic) bond motifs is 1. The number of nitrogen functional groups attached to an aromatic ring is 1. The van der Waals surface area contributed by atoms with Gasteiger partial charge >= 0.3 is 0 Å². The van der Waals surface area contributed by atoms with Gasteiger partial charge in [0.15, 0.2) is 0 Å². The molecule has 2 unspecified atom stereocenters. The van der Waals surface area contributed by atoms with E-state index in [4.69, 9.17) is 10.9 Å². The van der Waals surface area contributed by atoms with E-state index in [1.165, 1.54) is 10.5 Å². The van der Waals surface area contributed by atoms with Crippen LogP contribution >= 0.6 is 34.4 Å². The normalized spacial score (nSPS) is 21.3. The number of thiophene rings is 2. The van der Waals surface area contributed by atoms with Crippen LogP contribution in [0.2, 0.25) is 0 Å². The second-order valence-electron chi connectivity index (χ2n) is 7.90. The number of carbonyl (C=O) groups is 1. The lowest BCUT2D eigenvalue weighted by Gasteiger charge is -2.28. The predicted octanol–water partition coefficient (Wildman–Crippen LogP) is 3.70. The van der Waals surface area contributed by atoms with Gasteiger partial charge < -0.3 is 5.84 Å². The molecule has 2 aliphatic rings. The van der Waals surface area contributed by atoms with E-state index in [2.05, 4.69) is 33.8 Å². The van der Waals surface area contributed by atoms with Crippen molar-refractivity contribution in [3.8, 4) is 0 Å². The maximum absolute atomic E-state index is 13.4. The summed E-state index contributed by atoms with van der Waals surface area (Å²) in [7, 11) is 0. The van der Waals surface area contributed by atoms with E-state index in [0.717, 1.165) is 46.3 Å². The molecular formula is C22H22N6O2S3. The Hall–Kier alpha value is -2.76. The van der Waals surface area contributed by atoms with Gasteiger partial charge in [0.05, 0.1) is 17.5 Å². The molecule has 8 nitrogen and oxygen atoms in total. The number of nitrogens with two attached hydrogens (primary N) is 1. The molecule has 0 saturated heterocycles. The monoisotopic (exact) mass is 498 g/mol. The first-order valence-electron chi connectivity index (χ1n) is 10.6. The summed E-state index contributed by atoms with van der Waals surface area (Å²) in [5, 5.41) is 18.6. The van der Waals surface area contributed by atoms with Crippen molar-refractivity contribution in [2.24, 2.45) is 11.0 Å². The van der Waals surface area contributed by atoms with E-state index >= 15 is 0 Å². The molecular weight excluding hydrogens is 476 g/mol. The molecule has 170 valence electrons. The highest BCUT2D eigenvalue weighted by Crippen LogP contribution is 2.45. The quantitative estimate of drug-likeness (QED) is 0.425. The Labute approximate surface area is 202 Å². The first kappa shape index (κ1) is 22.1. The molecule has 5 rings (SSSR count). The van der Waals surface area contributed by atoms with Gasteiger partial charge in [-0.25, -0.2) is 5.01 Å². The van der Waals surface area contributed by atoms with Gasteiger partial charge in [0, 0.05) is 15.7 Å². The van der Waals surface area contributed by atoms with Crippen molar-refractivity contribution >= 4 is 52.1 Å². The first-order valence-corrected chi connectivity index (χ1v) is 13.3. The third-order valence-electron chi connectivity index (χ3n) is 5.80. The zero-order valence-electron chi connectivity index (χ0n) is 17.9. The second-order valence-corrected chi connectivity index (χ2v) is 10.8. The van der Waals surface area contributed by atoms with Crippen LogP contribution in [0.25, 0.3) is 6.08 Å². The molecule has 1 aliphatic carbocycles. The van der Waals surface area contributed by atoms with E-state index in [9.17, 15) is 9.59 Å². The minimum Gasteiger partial charge on any atom is -0.334 e. The molecule has 0 bridgehead atoms. The van der Waals surface area contributed by atoms with E-state index in [-0.39, 0.29) is 34.5 Å². The zero-order valence-corrected chi connectivity index (χ0v) is 20.3. The average Bonchev–Trinajstić information content (AvgIpc) is 3.57. The van der Waals surface area contributed by atoms with Crippen molar-refractivity contribution in [3.63, 3.8) is 0 Å². The number of thioether (sulfide) groups is 1. The second kappa shape index (κ2) is 9.24. The van der Waals surface area contributed by atoms with Gasteiger partial charge in [-0.2, -0.15) is 9.78 Å². The summed E-state index contributed by atoms with van der Waals surface area (Å²) in [6.07, 6.45) is 5.22. The van der Waals surface area contributed by atoms with Crippen molar-refractivity contribution in [1.29, 1.82) is 0 Å². The molecule has 4 heterocycles. The molecule has 0 radical (unpaired) electrons. The Morgan fingerprint density at radius 3 is 2.85 bits per heavy atom. The van der Waals surface area contributed by atoms with Crippen molar-refractivity contribution in [1.82, 2.24) is 19.9 Å². The number of amides is 1. The van der Waals surface area contributed by atoms with Crippen LogP contribution in [0.3, 0.4) is 0 Å². The van der Waals surface area contributed by atoms with Gasteiger partial charge in [0.2, 0.25) is 5.16 Å². The fourth-order valence-corrected chi connectivity index (χ4v) is 6.51. The molecule has 3 aromatic rings. The van der Waals surface area contributed by atoms with Crippen molar-refractivity contribution in [2.75, 3.05) is 11.6 Å². The highest BCUT2D eigenvalue weighted by atomic mass is 32.2. The molecule has 2 atom stereocenters. The standard InChI is InChI=1S/C22H22N6O2S3/c1-13-21(30)27(23)22(25-24-13)33-12-18(29)28-20(17-8-4-10-32-17)16-7-2-5-14(19(16)26-28)11-15-6-3-9-31-15/h3-4,6,8-11,16,20H,2,5,7,12,23H2,1H3/b14-11+. The summed E-state index contributed by atoms with van der Waals surface area (Å²) in [6, 6.07) is 8.10. The van der Waals surface area contributed by atoms with E-state index < -0.39 is 5.56 Å². The molecule has 2 N–H and O–H groups in total. The lowest BCUT2D eigenvalue weighted by atomic mass is 9.79. The summed E-state index contributed by atoms with van der Waals surface area (Å²) < 4.78 is 0.939. The van der Waals surface area contributed by atoms with Crippen LogP contribution in [-0.4, -0.2) is 37.3 Å². The van der Waals surface area contributed by atoms with Crippen molar-refractivity contribution in [2.45, 2.75) is 37.4 Å². The van der Waals surface area contributed by atoms with Gasteiger partial charge in [0.25, 0.3) is 11.5 Å². The molecule has 1 aliphatic heterocycles. The van der Waals surface area contributed by atoms with Gasteiger partial charge in [-0.05, 0) is 60.7 Å². The van der Waals surface area contributed by atoms with E-state index in [1.807, 2.05) is 17.5 Å². The number of hydrogen-bond acceptors (Lipinski definition) is 9. The largest absolute Gasteiger partial charge is 0.334 e. The minimum absolute atomic E-state index is 0.0593. The number of hydrogen-bond donors (Lipinski definition) is 1. The molecule has 1 saturated carbocycles. The van der Waals surface area contributed by atoms with Gasteiger partial charge in [0.1, 0.15) is 5.69 Å². The van der Waals surface area contributed by atoms with Crippen LogP contribution in [-0.2, 0) is 4.79 Å². The van der Waals surface area contributed by atoms with Crippen LogP contribution < -0.4 is 11.4 Å².